The molecule has 2 N–H and O–H groups in total. The minimum Gasteiger partial charge on any atom is -0.478 e. The smallest absolute Gasteiger partial charge is 0.238 e. The van der Waals surface area contributed by atoms with Crippen LogP contribution in [0.2, 0.25) is 0 Å². The Morgan fingerprint density at radius 2 is 1.54 bits per heavy atom. The molecule has 0 aromatic heterocycles. The van der Waals surface area contributed by atoms with Gasteiger partial charge in [0.05, 0.1) is 10.5 Å². The van der Waals surface area contributed by atoms with Gasteiger partial charge in [0, 0.05) is 5.56 Å². The van der Waals surface area contributed by atoms with E-state index in [0.717, 1.165) is 16.3 Å². The number of hydrogen-bond acceptors (Lipinski definition) is 4. The van der Waals surface area contributed by atoms with Crippen molar-refractivity contribution in [3.05, 3.63) is 77.9 Å². The highest BCUT2D eigenvalue weighted by molar-refractivity contribution is 7.89. The number of nitrogens with two attached hydrogens (primary N) is 1. The molecule has 0 saturated heterocycles. The zero-order chi connectivity index (χ0) is 20.1. The zero-order valence-electron chi connectivity index (χ0n) is 15.5. The molecule has 1 aliphatic heterocycles. The second-order valence-electron chi connectivity index (χ2n) is 7.24. The number of fused-ring (bicyclic) bond motifs is 1. The van der Waals surface area contributed by atoms with Crippen LogP contribution >= 0.6 is 0 Å². The van der Waals surface area contributed by atoms with Gasteiger partial charge in [-0.2, -0.15) is 0 Å². The summed E-state index contributed by atoms with van der Waals surface area (Å²) in [6.07, 6.45) is 0. The van der Waals surface area contributed by atoms with Gasteiger partial charge in [0.1, 0.15) is 5.76 Å². The van der Waals surface area contributed by atoms with E-state index in [4.69, 9.17) is 9.88 Å². The average molecular weight is 393 g/mol. The van der Waals surface area contributed by atoms with E-state index in [2.05, 4.69) is 0 Å². The van der Waals surface area contributed by atoms with E-state index in [9.17, 15) is 13.2 Å². The fraction of sp³-hybridized carbons (Fsp3) is 0.136. The molecule has 28 heavy (non-hydrogen) atoms. The van der Waals surface area contributed by atoms with Crippen LogP contribution in [0.25, 0.3) is 22.1 Å². The van der Waals surface area contributed by atoms with E-state index in [-0.39, 0.29) is 10.7 Å². The Morgan fingerprint density at radius 1 is 0.893 bits per heavy atom. The third-order valence-corrected chi connectivity index (χ3v) is 5.79. The third kappa shape index (κ3) is 3.00. The van der Waals surface area contributed by atoms with Crippen LogP contribution in [0.1, 0.15) is 25.0 Å². The lowest BCUT2D eigenvalue weighted by molar-refractivity contribution is -0.125. The molecule has 0 amide bonds. The number of hydrogen-bond donors (Lipinski definition) is 1. The molecule has 5 nitrogen and oxygen atoms in total. The number of carbonyl (C=O) groups is 1. The summed E-state index contributed by atoms with van der Waals surface area (Å²) in [4.78, 5) is 13.2. The molecule has 0 saturated carbocycles. The molecule has 0 unspecified atom stereocenters. The van der Waals surface area contributed by atoms with E-state index >= 15 is 0 Å². The molecule has 0 radical (unpaired) electrons. The van der Waals surface area contributed by atoms with E-state index in [0.29, 0.717) is 16.9 Å². The summed E-state index contributed by atoms with van der Waals surface area (Å²) in [5, 5.41) is 7.16. The molecule has 1 aliphatic rings. The number of ketones is 1. The standard InChI is InChI=1S/C22H19NO4S/c1-22(2)21(24)19(18-9-5-7-14-6-3-4-8-17(14)18)20(27-22)15-10-12-16(13-11-15)28(23,25)26/h3-13H,1-2H3,(H2,23,25,26). The summed E-state index contributed by atoms with van der Waals surface area (Å²) < 4.78 is 29.1. The van der Waals surface area contributed by atoms with Crippen LogP contribution in [0.4, 0.5) is 0 Å². The molecule has 3 aromatic carbocycles. The first-order valence-electron chi connectivity index (χ1n) is 8.78. The Balaban J connectivity index is 1.96. The highest BCUT2D eigenvalue weighted by Gasteiger charge is 2.43. The van der Waals surface area contributed by atoms with Gasteiger partial charge in [-0.05, 0) is 54.4 Å². The molecule has 0 atom stereocenters. The third-order valence-electron chi connectivity index (χ3n) is 4.86. The number of sulfonamides is 1. The van der Waals surface area contributed by atoms with Crippen LogP contribution in [-0.2, 0) is 19.6 Å². The Hall–Kier alpha value is -2.96. The first kappa shape index (κ1) is 18.4. The maximum atomic E-state index is 13.2. The zero-order valence-corrected chi connectivity index (χ0v) is 16.3. The number of primary sulfonamides is 1. The number of ether oxygens (including phenoxy) is 1. The Bertz CT molecular complexity index is 1230. The molecule has 0 spiro atoms. The van der Waals surface area contributed by atoms with Gasteiger partial charge >= 0.3 is 0 Å². The van der Waals surface area contributed by atoms with Crippen LogP contribution in [0.15, 0.2) is 71.6 Å². The number of benzene rings is 3. The summed E-state index contributed by atoms with van der Waals surface area (Å²) in [6, 6.07) is 19.7. The molecular formula is C22H19NO4S. The van der Waals surface area contributed by atoms with Gasteiger partial charge in [-0.3, -0.25) is 4.79 Å². The van der Waals surface area contributed by atoms with Crippen molar-refractivity contribution < 1.29 is 17.9 Å². The van der Waals surface area contributed by atoms with Crippen molar-refractivity contribution in [1.29, 1.82) is 0 Å². The lowest BCUT2D eigenvalue weighted by Gasteiger charge is -2.18. The minimum atomic E-state index is -3.80. The second kappa shape index (κ2) is 6.29. The summed E-state index contributed by atoms with van der Waals surface area (Å²) >= 11 is 0. The predicted molar refractivity (Wildman–Crippen MR) is 109 cm³/mol. The summed E-state index contributed by atoms with van der Waals surface area (Å²) in [5.74, 6) is 0.321. The van der Waals surface area contributed by atoms with Crippen molar-refractivity contribution in [2.45, 2.75) is 24.3 Å². The second-order valence-corrected chi connectivity index (χ2v) is 8.80. The van der Waals surface area contributed by atoms with Crippen molar-refractivity contribution in [2.75, 3.05) is 0 Å². The van der Waals surface area contributed by atoms with Crippen molar-refractivity contribution in [2.24, 2.45) is 5.14 Å². The van der Waals surface area contributed by atoms with Crippen LogP contribution < -0.4 is 5.14 Å². The van der Waals surface area contributed by atoms with E-state index in [1.807, 2.05) is 42.5 Å². The monoisotopic (exact) mass is 393 g/mol. The molecule has 3 aromatic rings. The maximum Gasteiger partial charge on any atom is 0.238 e. The Labute approximate surface area is 163 Å². The fourth-order valence-electron chi connectivity index (χ4n) is 3.44. The van der Waals surface area contributed by atoms with Gasteiger partial charge in [-0.1, -0.05) is 42.5 Å². The van der Waals surface area contributed by atoms with E-state index in [1.54, 1.807) is 26.0 Å². The van der Waals surface area contributed by atoms with E-state index < -0.39 is 15.6 Å². The normalized spacial score (nSPS) is 16.5. The molecule has 6 heteroatoms. The van der Waals surface area contributed by atoms with Crippen LogP contribution in [0.3, 0.4) is 0 Å². The Kier molecular flexibility index (Phi) is 4.14. The highest BCUT2D eigenvalue weighted by Crippen LogP contribution is 2.43. The van der Waals surface area contributed by atoms with Crippen molar-refractivity contribution in [1.82, 2.24) is 0 Å². The SMILES string of the molecule is CC1(C)OC(c2ccc(S(N)(=O)=O)cc2)=C(c2cccc3ccccc23)C1=O. The van der Waals surface area contributed by atoms with Gasteiger partial charge in [0.25, 0.3) is 0 Å². The van der Waals surface area contributed by atoms with Crippen molar-refractivity contribution in [3.63, 3.8) is 0 Å². The number of Topliss-reactive ketones (excluding diaryl/α,β-unsaturated/α-hetero) is 1. The van der Waals surface area contributed by atoms with E-state index in [1.165, 1.54) is 12.1 Å². The van der Waals surface area contributed by atoms with Crippen LogP contribution in [0, 0.1) is 0 Å². The first-order valence-corrected chi connectivity index (χ1v) is 10.3. The maximum absolute atomic E-state index is 13.2. The van der Waals surface area contributed by atoms with Crippen LogP contribution in [0.5, 0.6) is 0 Å². The largest absolute Gasteiger partial charge is 0.478 e. The average Bonchev–Trinajstić information content (AvgIpc) is 2.90. The molecule has 1 heterocycles. The van der Waals surface area contributed by atoms with Gasteiger partial charge in [-0.15, -0.1) is 0 Å². The van der Waals surface area contributed by atoms with Crippen LogP contribution in [-0.4, -0.2) is 19.8 Å². The topological polar surface area (TPSA) is 86.5 Å². The fourth-order valence-corrected chi connectivity index (χ4v) is 3.96. The number of rotatable bonds is 3. The summed E-state index contributed by atoms with van der Waals surface area (Å²) in [7, 11) is -3.80. The molecule has 0 fully saturated rings. The van der Waals surface area contributed by atoms with Gasteiger partial charge in [0.2, 0.25) is 15.8 Å². The molecule has 0 aliphatic carbocycles. The molecular weight excluding hydrogens is 374 g/mol. The molecule has 0 bridgehead atoms. The Morgan fingerprint density at radius 3 is 2.21 bits per heavy atom. The van der Waals surface area contributed by atoms with Gasteiger partial charge in [-0.25, -0.2) is 13.6 Å². The number of carbonyl (C=O) groups excluding carboxylic acids is 1. The minimum absolute atomic E-state index is 0.00662. The lowest BCUT2D eigenvalue weighted by atomic mass is 9.90. The van der Waals surface area contributed by atoms with Gasteiger partial charge < -0.3 is 4.74 Å². The first-order chi connectivity index (χ1) is 13.2. The lowest BCUT2D eigenvalue weighted by Crippen LogP contribution is -2.29. The molecule has 142 valence electrons. The van der Waals surface area contributed by atoms with Gasteiger partial charge in [0.15, 0.2) is 5.60 Å². The summed E-state index contributed by atoms with van der Waals surface area (Å²) in [5.41, 5.74) is 0.888. The highest BCUT2D eigenvalue weighted by atomic mass is 32.2. The molecule has 4 rings (SSSR count). The predicted octanol–water partition coefficient (Wildman–Crippen LogP) is 3.73. The quantitative estimate of drug-likeness (QED) is 0.734. The van der Waals surface area contributed by atoms with Crippen molar-refractivity contribution in [3.8, 4) is 0 Å². The van der Waals surface area contributed by atoms with Crippen molar-refractivity contribution >= 4 is 37.9 Å². The summed E-state index contributed by atoms with van der Waals surface area (Å²) in [6.45, 7) is 3.46.